The van der Waals surface area contributed by atoms with Gasteiger partial charge in [0.25, 0.3) is 0 Å². The fourth-order valence-corrected chi connectivity index (χ4v) is 4.20. The van der Waals surface area contributed by atoms with Crippen molar-refractivity contribution in [3.63, 3.8) is 0 Å². The maximum Gasteiger partial charge on any atom is 0.249 e. The van der Waals surface area contributed by atoms with Gasteiger partial charge in [0.05, 0.1) is 0 Å². The summed E-state index contributed by atoms with van der Waals surface area (Å²) in [6.45, 7) is 4.04. The molecule has 1 aromatic carbocycles. The Bertz CT molecular complexity index is 975. The molecular weight excluding hydrogens is 364 g/mol. The van der Waals surface area contributed by atoms with Crippen LogP contribution in [0.5, 0.6) is 0 Å². The lowest BCUT2D eigenvalue weighted by Gasteiger charge is -2.21. The zero-order valence-corrected chi connectivity index (χ0v) is 17.1. The molecule has 7 heteroatoms. The number of nitrogens with zero attached hydrogens (tertiary/aromatic N) is 4. The third kappa shape index (κ3) is 4.13. The molecular formula is C22H30N6O. The molecule has 3 heterocycles. The second-order valence-electron chi connectivity index (χ2n) is 7.89. The maximum absolute atomic E-state index is 7.74. The second kappa shape index (κ2) is 8.68. The topological polar surface area (TPSA) is 97.0 Å². The molecule has 1 fully saturated rings. The van der Waals surface area contributed by atoms with Gasteiger partial charge in [-0.25, -0.2) is 0 Å². The second-order valence-corrected chi connectivity index (χ2v) is 7.89. The number of nitrogens with two attached hydrogens (primary N) is 1. The monoisotopic (exact) mass is 394 g/mol. The van der Waals surface area contributed by atoms with Gasteiger partial charge in [0.2, 0.25) is 11.7 Å². The summed E-state index contributed by atoms with van der Waals surface area (Å²) in [6, 6.07) is 8.37. The summed E-state index contributed by atoms with van der Waals surface area (Å²) in [5, 5.41) is 13.2. The predicted octanol–water partition coefficient (Wildman–Crippen LogP) is 4.69. The first-order valence-electron chi connectivity index (χ1n) is 10.7. The van der Waals surface area contributed by atoms with Crippen molar-refractivity contribution in [2.75, 3.05) is 6.54 Å². The Balaban J connectivity index is 1.52. The number of aryl methyl sites for hydroxylation is 1. The molecule has 29 heavy (non-hydrogen) atoms. The molecule has 7 nitrogen and oxygen atoms in total. The van der Waals surface area contributed by atoms with Gasteiger partial charge in [0, 0.05) is 30.4 Å². The molecule has 154 valence electrons. The molecule has 0 amide bonds. The number of fused-ring (bicyclic) bond motifs is 1. The summed E-state index contributed by atoms with van der Waals surface area (Å²) in [7, 11) is 0. The van der Waals surface area contributed by atoms with E-state index in [2.05, 4.69) is 46.0 Å². The molecule has 0 unspecified atom stereocenters. The van der Waals surface area contributed by atoms with Crippen LogP contribution in [0.4, 0.5) is 0 Å². The van der Waals surface area contributed by atoms with E-state index in [-0.39, 0.29) is 12.0 Å². The van der Waals surface area contributed by atoms with Crippen LogP contribution >= 0.6 is 0 Å². The van der Waals surface area contributed by atoms with Gasteiger partial charge in [0.1, 0.15) is 6.04 Å². The van der Waals surface area contributed by atoms with Crippen LogP contribution in [0.2, 0.25) is 0 Å². The van der Waals surface area contributed by atoms with E-state index in [0.29, 0.717) is 11.7 Å². The third-order valence-electron chi connectivity index (χ3n) is 5.82. The van der Waals surface area contributed by atoms with Gasteiger partial charge in [-0.2, -0.15) is 4.98 Å². The highest BCUT2D eigenvalue weighted by molar-refractivity contribution is 5.84. The molecule has 2 aromatic heterocycles. The van der Waals surface area contributed by atoms with Crippen molar-refractivity contribution in [2.24, 2.45) is 5.73 Å². The van der Waals surface area contributed by atoms with Crippen LogP contribution in [0.25, 0.3) is 22.3 Å². The number of benzene rings is 1. The Morgan fingerprint density at radius 1 is 1.24 bits per heavy atom. The first kappa shape index (κ1) is 19.5. The standard InChI is InChI=1S/C22H30N6O/c1-2-3-4-5-6-12-27-14-11-16-9-10-17(15-19(16)27)20-25-21(29-26-20)18-8-7-13-28(18)22(23)24/h9-11,14-15,18H,2-8,12-13H2,1H3,(H3,23,24)/t18-/m0/s1. The highest BCUT2D eigenvalue weighted by Crippen LogP contribution is 2.32. The van der Waals surface area contributed by atoms with E-state index in [4.69, 9.17) is 15.7 Å². The number of guanidine groups is 1. The number of rotatable bonds is 8. The molecule has 0 radical (unpaired) electrons. The smallest absolute Gasteiger partial charge is 0.249 e. The van der Waals surface area contributed by atoms with Gasteiger partial charge in [-0.1, -0.05) is 49.9 Å². The summed E-state index contributed by atoms with van der Waals surface area (Å²) in [4.78, 5) is 6.45. The van der Waals surface area contributed by atoms with E-state index < -0.39 is 0 Å². The van der Waals surface area contributed by atoms with Crippen molar-refractivity contribution in [2.45, 2.75) is 64.5 Å². The first-order chi connectivity index (χ1) is 14.2. The van der Waals surface area contributed by atoms with Crippen LogP contribution in [-0.2, 0) is 6.54 Å². The van der Waals surface area contributed by atoms with Gasteiger partial charge in [0.15, 0.2) is 5.96 Å². The van der Waals surface area contributed by atoms with Crippen LogP contribution < -0.4 is 5.73 Å². The van der Waals surface area contributed by atoms with Crippen molar-refractivity contribution < 1.29 is 4.52 Å². The molecule has 1 atom stereocenters. The Hall–Kier alpha value is -2.83. The van der Waals surface area contributed by atoms with Crippen LogP contribution in [0.15, 0.2) is 35.0 Å². The molecule has 0 aliphatic carbocycles. The molecule has 1 aliphatic rings. The number of likely N-dealkylation sites (tertiary alicyclic amines) is 1. The summed E-state index contributed by atoms with van der Waals surface area (Å²) in [5.74, 6) is 1.19. The summed E-state index contributed by atoms with van der Waals surface area (Å²) in [6.07, 6.45) is 10.4. The molecule has 4 rings (SSSR count). The maximum atomic E-state index is 7.74. The third-order valence-corrected chi connectivity index (χ3v) is 5.82. The quantitative estimate of drug-likeness (QED) is 0.328. The van der Waals surface area contributed by atoms with E-state index in [9.17, 15) is 0 Å². The summed E-state index contributed by atoms with van der Waals surface area (Å²) < 4.78 is 7.87. The summed E-state index contributed by atoms with van der Waals surface area (Å²) >= 11 is 0. The van der Waals surface area contributed by atoms with Gasteiger partial charge in [-0.15, -0.1) is 0 Å². The average Bonchev–Trinajstić information content (AvgIpc) is 3.46. The minimum atomic E-state index is -0.0931. The van der Waals surface area contributed by atoms with E-state index in [1.807, 2.05) is 11.0 Å². The highest BCUT2D eigenvalue weighted by Gasteiger charge is 2.31. The van der Waals surface area contributed by atoms with Crippen LogP contribution in [0, 0.1) is 5.41 Å². The lowest BCUT2D eigenvalue weighted by Crippen LogP contribution is -2.35. The van der Waals surface area contributed by atoms with Crippen LogP contribution in [-0.4, -0.2) is 32.1 Å². The summed E-state index contributed by atoms with van der Waals surface area (Å²) in [5.41, 5.74) is 7.85. The molecule has 0 saturated carbocycles. The van der Waals surface area contributed by atoms with Crippen molar-refractivity contribution in [3.8, 4) is 11.4 Å². The van der Waals surface area contributed by atoms with E-state index in [1.165, 1.54) is 43.0 Å². The van der Waals surface area contributed by atoms with Crippen molar-refractivity contribution >= 4 is 16.9 Å². The molecule has 0 bridgehead atoms. The Morgan fingerprint density at radius 3 is 2.93 bits per heavy atom. The number of unbranched alkanes of at least 4 members (excludes halogenated alkanes) is 4. The fourth-order valence-electron chi connectivity index (χ4n) is 4.20. The van der Waals surface area contributed by atoms with E-state index in [1.54, 1.807) is 0 Å². The Morgan fingerprint density at radius 2 is 2.10 bits per heavy atom. The van der Waals surface area contributed by atoms with Gasteiger partial charge >= 0.3 is 0 Å². The van der Waals surface area contributed by atoms with E-state index >= 15 is 0 Å². The van der Waals surface area contributed by atoms with Crippen molar-refractivity contribution in [3.05, 3.63) is 36.4 Å². The van der Waals surface area contributed by atoms with E-state index in [0.717, 1.165) is 31.5 Å². The minimum Gasteiger partial charge on any atom is -0.370 e. The van der Waals surface area contributed by atoms with Gasteiger partial charge in [-0.05, 0) is 36.8 Å². The Kier molecular flexibility index (Phi) is 5.83. The predicted molar refractivity (Wildman–Crippen MR) is 115 cm³/mol. The first-order valence-corrected chi connectivity index (χ1v) is 10.7. The van der Waals surface area contributed by atoms with Gasteiger partial charge in [-0.3, -0.25) is 5.41 Å². The normalized spacial score (nSPS) is 16.7. The largest absolute Gasteiger partial charge is 0.370 e. The average molecular weight is 395 g/mol. The van der Waals surface area contributed by atoms with Crippen LogP contribution in [0.3, 0.4) is 0 Å². The molecule has 1 saturated heterocycles. The number of nitrogens with one attached hydrogen (secondary N) is 1. The fraction of sp³-hybridized carbons (Fsp3) is 0.500. The Labute approximate surface area is 171 Å². The van der Waals surface area contributed by atoms with Gasteiger partial charge < -0.3 is 19.7 Å². The number of hydrogen-bond donors (Lipinski definition) is 2. The highest BCUT2D eigenvalue weighted by atomic mass is 16.5. The molecule has 3 N–H and O–H groups in total. The lowest BCUT2D eigenvalue weighted by molar-refractivity contribution is 0.283. The zero-order chi connectivity index (χ0) is 20.2. The number of hydrogen-bond acceptors (Lipinski definition) is 4. The molecule has 0 spiro atoms. The molecule has 1 aliphatic heterocycles. The molecule has 3 aromatic rings. The van der Waals surface area contributed by atoms with Crippen molar-refractivity contribution in [1.82, 2.24) is 19.6 Å². The van der Waals surface area contributed by atoms with Crippen LogP contribution in [0.1, 0.15) is 63.8 Å². The minimum absolute atomic E-state index is 0.0606. The zero-order valence-electron chi connectivity index (χ0n) is 17.1. The number of aromatic nitrogens is 3. The van der Waals surface area contributed by atoms with Crippen molar-refractivity contribution in [1.29, 1.82) is 5.41 Å². The SMILES string of the molecule is CCCCCCCn1ccc2ccc(-c3noc([C@@H]4CCCN4C(=N)N)n3)cc21. The lowest BCUT2D eigenvalue weighted by atomic mass is 10.1.